The fourth-order valence-corrected chi connectivity index (χ4v) is 4.22. The van der Waals surface area contributed by atoms with E-state index in [4.69, 9.17) is 5.26 Å². The summed E-state index contributed by atoms with van der Waals surface area (Å²) in [5.41, 5.74) is 2.74. The third-order valence-electron chi connectivity index (χ3n) is 5.56. The van der Waals surface area contributed by atoms with Crippen LogP contribution >= 0.6 is 0 Å². The Morgan fingerprint density at radius 3 is 2.73 bits per heavy atom. The van der Waals surface area contributed by atoms with Gasteiger partial charge in [0.15, 0.2) is 0 Å². The summed E-state index contributed by atoms with van der Waals surface area (Å²) in [5.74, 6) is -0.293. The monoisotopic (exact) mass is 404 g/mol. The molecule has 2 unspecified atom stereocenters. The molecule has 4 rings (SSSR count). The minimum absolute atomic E-state index is 0.0382. The SMILES string of the molecule is CC(C)(C)Cc1ccc2c(c1)C1(CNC(C(=O)Nc3cnc(C#N)nc3)C1)C(=O)N2. The first kappa shape index (κ1) is 20.0. The molecular formula is C22H24N6O2. The highest BCUT2D eigenvalue weighted by molar-refractivity contribution is 6.08. The number of nitrogens with one attached hydrogen (secondary N) is 3. The number of hydrogen-bond donors (Lipinski definition) is 3. The quantitative estimate of drug-likeness (QED) is 0.721. The number of aromatic nitrogens is 2. The molecule has 1 spiro atoms. The lowest BCUT2D eigenvalue weighted by molar-refractivity contribution is -0.120. The first-order valence-corrected chi connectivity index (χ1v) is 9.91. The standard InChI is InChI=1S/C22H24N6O2/c1-21(2,3)7-13-4-5-16-15(6-13)22(20(30)28-16)8-17(26-12-22)19(29)27-14-10-24-18(9-23)25-11-14/h4-6,10-11,17,26H,7-8,12H2,1-3H3,(H,27,29)(H,28,30). The minimum Gasteiger partial charge on any atom is -0.325 e. The lowest BCUT2D eigenvalue weighted by atomic mass is 9.78. The maximum absolute atomic E-state index is 12.9. The summed E-state index contributed by atoms with van der Waals surface area (Å²) in [4.78, 5) is 33.4. The average Bonchev–Trinajstić information content (AvgIpc) is 3.25. The van der Waals surface area contributed by atoms with E-state index in [9.17, 15) is 9.59 Å². The number of rotatable bonds is 3. The summed E-state index contributed by atoms with van der Waals surface area (Å²) in [6.45, 7) is 6.95. The van der Waals surface area contributed by atoms with Crippen molar-refractivity contribution in [3.05, 3.63) is 47.5 Å². The van der Waals surface area contributed by atoms with Gasteiger partial charge in [-0.15, -0.1) is 0 Å². The van der Waals surface area contributed by atoms with Crippen molar-refractivity contribution in [3.63, 3.8) is 0 Å². The highest BCUT2D eigenvalue weighted by Crippen LogP contribution is 2.44. The Bertz CT molecular complexity index is 1050. The Morgan fingerprint density at radius 1 is 1.33 bits per heavy atom. The minimum atomic E-state index is -0.758. The second-order valence-electron chi connectivity index (χ2n) is 9.19. The molecule has 2 aromatic rings. The number of fused-ring (bicyclic) bond motifs is 2. The van der Waals surface area contributed by atoms with Crippen LogP contribution in [0, 0.1) is 16.7 Å². The average molecular weight is 404 g/mol. The Hall–Kier alpha value is -3.31. The molecule has 1 aromatic carbocycles. The van der Waals surface area contributed by atoms with E-state index in [1.165, 1.54) is 18.0 Å². The number of nitriles is 1. The van der Waals surface area contributed by atoms with E-state index >= 15 is 0 Å². The van der Waals surface area contributed by atoms with Gasteiger partial charge in [-0.05, 0) is 35.4 Å². The van der Waals surface area contributed by atoms with Gasteiger partial charge in [-0.3, -0.25) is 9.59 Å². The van der Waals surface area contributed by atoms with Crippen LogP contribution in [-0.2, 0) is 21.4 Å². The highest BCUT2D eigenvalue weighted by atomic mass is 16.2. The van der Waals surface area contributed by atoms with Crippen molar-refractivity contribution < 1.29 is 9.59 Å². The number of nitrogens with zero attached hydrogens (tertiary/aromatic N) is 3. The molecule has 0 aliphatic carbocycles. The molecule has 3 N–H and O–H groups in total. The van der Waals surface area contributed by atoms with Crippen molar-refractivity contribution in [1.29, 1.82) is 5.26 Å². The molecule has 8 nitrogen and oxygen atoms in total. The van der Waals surface area contributed by atoms with Crippen LogP contribution in [0.4, 0.5) is 11.4 Å². The summed E-state index contributed by atoms with van der Waals surface area (Å²) >= 11 is 0. The number of amides is 2. The van der Waals surface area contributed by atoms with Crippen LogP contribution in [0.3, 0.4) is 0 Å². The first-order valence-electron chi connectivity index (χ1n) is 9.91. The van der Waals surface area contributed by atoms with Crippen LogP contribution in [0.1, 0.15) is 44.1 Å². The summed E-state index contributed by atoms with van der Waals surface area (Å²) in [6, 6.07) is 7.44. The van der Waals surface area contributed by atoms with E-state index in [0.717, 1.165) is 17.7 Å². The molecule has 2 atom stereocenters. The van der Waals surface area contributed by atoms with Crippen molar-refractivity contribution in [2.45, 2.75) is 45.1 Å². The van der Waals surface area contributed by atoms with E-state index in [-0.39, 0.29) is 23.1 Å². The van der Waals surface area contributed by atoms with Gasteiger partial charge in [0.05, 0.1) is 29.5 Å². The van der Waals surface area contributed by atoms with Gasteiger partial charge in [-0.1, -0.05) is 32.9 Å². The zero-order valence-electron chi connectivity index (χ0n) is 17.2. The fraction of sp³-hybridized carbons (Fsp3) is 0.409. The van der Waals surface area contributed by atoms with Crippen LogP contribution in [0.25, 0.3) is 0 Å². The number of benzene rings is 1. The zero-order chi connectivity index (χ0) is 21.5. The number of hydrogen-bond acceptors (Lipinski definition) is 6. The summed E-state index contributed by atoms with van der Waals surface area (Å²) in [7, 11) is 0. The molecule has 2 amide bonds. The topological polar surface area (TPSA) is 120 Å². The predicted octanol–water partition coefficient (Wildman–Crippen LogP) is 2.13. The molecule has 0 saturated carbocycles. The van der Waals surface area contributed by atoms with Crippen molar-refractivity contribution >= 4 is 23.2 Å². The molecule has 1 fully saturated rings. The smallest absolute Gasteiger partial charge is 0.241 e. The summed E-state index contributed by atoms with van der Waals surface area (Å²) in [6.07, 6.45) is 4.06. The highest BCUT2D eigenvalue weighted by Gasteiger charge is 2.53. The maximum Gasteiger partial charge on any atom is 0.241 e. The van der Waals surface area contributed by atoms with Crippen LogP contribution in [0.2, 0.25) is 0 Å². The normalized spacial score (nSPS) is 22.5. The van der Waals surface area contributed by atoms with E-state index in [2.05, 4.69) is 58.8 Å². The Balaban J connectivity index is 1.54. The van der Waals surface area contributed by atoms with Gasteiger partial charge < -0.3 is 16.0 Å². The van der Waals surface area contributed by atoms with Gasteiger partial charge >= 0.3 is 0 Å². The second-order valence-corrected chi connectivity index (χ2v) is 9.19. The van der Waals surface area contributed by atoms with Gasteiger partial charge in [0.1, 0.15) is 6.07 Å². The molecule has 0 bridgehead atoms. The van der Waals surface area contributed by atoms with E-state index in [0.29, 0.717) is 18.7 Å². The van der Waals surface area contributed by atoms with Crippen molar-refractivity contribution in [3.8, 4) is 6.07 Å². The molecule has 3 heterocycles. The van der Waals surface area contributed by atoms with Crippen LogP contribution in [-0.4, -0.2) is 34.4 Å². The molecule has 154 valence electrons. The van der Waals surface area contributed by atoms with Gasteiger partial charge in [0.2, 0.25) is 17.6 Å². The maximum atomic E-state index is 12.9. The lowest BCUT2D eigenvalue weighted by Gasteiger charge is -2.23. The van der Waals surface area contributed by atoms with E-state index in [1.54, 1.807) is 0 Å². The summed E-state index contributed by atoms with van der Waals surface area (Å²) < 4.78 is 0. The van der Waals surface area contributed by atoms with E-state index < -0.39 is 11.5 Å². The fourth-order valence-electron chi connectivity index (χ4n) is 4.22. The van der Waals surface area contributed by atoms with Gasteiger partial charge in [-0.25, -0.2) is 9.97 Å². The van der Waals surface area contributed by atoms with Crippen molar-refractivity contribution in [2.75, 3.05) is 17.2 Å². The summed E-state index contributed by atoms with van der Waals surface area (Å²) in [5, 5.41) is 17.7. The van der Waals surface area contributed by atoms with E-state index in [1.807, 2.05) is 12.1 Å². The number of carbonyl (C=O) groups excluding carboxylic acids is 2. The van der Waals surface area contributed by atoms with Crippen LogP contribution in [0.15, 0.2) is 30.6 Å². The molecule has 2 aliphatic heterocycles. The molecule has 30 heavy (non-hydrogen) atoms. The molecule has 2 aliphatic rings. The Kier molecular flexibility index (Phi) is 4.79. The zero-order valence-corrected chi connectivity index (χ0v) is 17.2. The van der Waals surface area contributed by atoms with Crippen LogP contribution < -0.4 is 16.0 Å². The number of carbonyl (C=O) groups is 2. The molecule has 1 saturated heterocycles. The van der Waals surface area contributed by atoms with Gasteiger partial charge in [-0.2, -0.15) is 5.26 Å². The Labute approximate surface area is 175 Å². The van der Waals surface area contributed by atoms with Gasteiger partial charge in [0, 0.05) is 12.2 Å². The third-order valence-corrected chi connectivity index (χ3v) is 5.56. The second kappa shape index (κ2) is 7.18. The van der Waals surface area contributed by atoms with Crippen molar-refractivity contribution in [1.82, 2.24) is 15.3 Å². The molecule has 0 radical (unpaired) electrons. The third kappa shape index (κ3) is 3.64. The first-order chi connectivity index (χ1) is 14.2. The van der Waals surface area contributed by atoms with Crippen LogP contribution in [0.5, 0.6) is 0 Å². The van der Waals surface area contributed by atoms with Crippen molar-refractivity contribution in [2.24, 2.45) is 5.41 Å². The lowest BCUT2D eigenvalue weighted by Crippen LogP contribution is -2.36. The Morgan fingerprint density at radius 2 is 2.07 bits per heavy atom. The molecular weight excluding hydrogens is 380 g/mol. The molecule has 8 heteroatoms. The predicted molar refractivity (Wildman–Crippen MR) is 112 cm³/mol. The molecule has 1 aromatic heterocycles. The van der Waals surface area contributed by atoms with Gasteiger partial charge in [0.25, 0.3) is 0 Å². The largest absolute Gasteiger partial charge is 0.325 e. The number of anilines is 2.